The number of rotatable bonds is 4. The highest BCUT2D eigenvalue weighted by Crippen LogP contribution is 2.27. The van der Waals surface area contributed by atoms with Crippen molar-refractivity contribution < 1.29 is 9.53 Å². The van der Waals surface area contributed by atoms with Crippen LogP contribution in [0.2, 0.25) is 0 Å². The summed E-state index contributed by atoms with van der Waals surface area (Å²) in [6, 6.07) is 24.1. The van der Waals surface area contributed by atoms with Crippen molar-refractivity contribution in [2.75, 3.05) is 0 Å². The van der Waals surface area contributed by atoms with Crippen molar-refractivity contribution in [2.24, 2.45) is 0 Å². The lowest BCUT2D eigenvalue weighted by Crippen LogP contribution is -2.07. The number of nitrogens with zero attached hydrogens (tertiary/aromatic N) is 1. The van der Waals surface area contributed by atoms with Crippen LogP contribution < -0.4 is 0 Å². The van der Waals surface area contributed by atoms with Crippen molar-refractivity contribution in [2.45, 2.75) is 6.61 Å². The van der Waals surface area contributed by atoms with Gasteiger partial charge in [0.1, 0.15) is 6.61 Å². The molecular weight excluding hydrogens is 378 g/mol. The van der Waals surface area contributed by atoms with E-state index in [1.165, 1.54) is 0 Å². The molecule has 25 heavy (non-hydrogen) atoms. The third-order valence-electron chi connectivity index (χ3n) is 3.80. The minimum Gasteiger partial charge on any atom is -0.457 e. The van der Waals surface area contributed by atoms with Gasteiger partial charge >= 0.3 is 5.97 Å². The van der Waals surface area contributed by atoms with Gasteiger partial charge in [-0.1, -0.05) is 70.5 Å². The second-order valence-corrected chi connectivity index (χ2v) is 6.22. The summed E-state index contributed by atoms with van der Waals surface area (Å²) >= 11 is 3.45. The molecule has 0 aromatic heterocycles. The minimum atomic E-state index is -0.418. The molecule has 0 saturated carbocycles. The first-order valence-electron chi connectivity index (χ1n) is 7.70. The Labute approximate surface area is 154 Å². The minimum absolute atomic E-state index is 0.175. The van der Waals surface area contributed by atoms with Gasteiger partial charge in [-0.05, 0) is 23.8 Å². The monoisotopic (exact) mass is 391 g/mol. The first-order chi connectivity index (χ1) is 12.2. The maximum absolute atomic E-state index is 12.6. The molecule has 122 valence electrons. The van der Waals surface area contributed by atoms with Crippen LogP contribution in [0.3, 0.4) is 0 Å². The molecule has 0 amide bonds. The fourth-order valence-electron chi connectivity index (χ4n) is 2.55. The van der Waals surface area contributed by atoms with Crippen molar-refractivity contribution in [1.82, 2.24) is 0 Å². The summed E-state index contributed by atoms with van der Waals surface area (Å²) in [6.45, 7) is 0.175. The van der Waals surface area contributed by atoms with Crippen LogP contribution in [0.5, 0.6) is 0 Å². The molecule has 3 rings (SSSR count). The Morgan fingerprint density at radius 2 is 1.56 bits per heavy atom. The van der Waals surface area contributed by atoms with Crippen LogP contribution in [0.1, 0.15) is 21.5 Å². The Morgan fingerprint density at radius 3 is 2.32 bits per heavy atom. The molecule has 0 heterocycles. The van der Waals surface area contributed by atoms with Gasteiger partial charge in [-0.15, -0.1) is 0 Å². The normalized spacial score (nSPS) is 10.1. The predicted octanol–water partition coefficient (Wildman–Crippen LogP) is 5.34. The van der Waals surface area contributed by atoms with Gasteiger partial charge in [0.2, 0.25) is 0 Å². The molecular formula is C21H14BrNO2. The van der Waals surface area contributed by atoms with Crippen LogP contribution in [0.15, 0.2) is 77.3 Å². The molecule has 0 N–H and O–H groups in total. The zero-order chi connectivity index (χ0) is 17.6. The summed E-state index contributed by atoms with van der Waals surface area (Å²) in [6.07, 6.45) is 0. The lowest BCUT2D eigenvalue weighted by atomic mass is 9.96. The second-order valence-electron chi connectivity index (χ2n) is 5.37. The highest BCUT2D eigenvalue weighted by molar-refractivity contribution is 9.10. The molecule has 0 aliphatic rings. The summed E-state index contributed by atoms with van der Waals surface area (Å²) in [5.41, 5.74) is 3.27. The Balaban J connectivity index is 1.90. The Hall–Kier alpha value is -2.90. The van der Waals surface area contributed by atoms with E-state index >= 15 is 0 Å². The van der Waals surface area contributed by atoms with Crippen LogP contribution >= 0.6 is 15.9 Å². The molecule has 0 spiro atoms. The van der Waals surface area contributed by atoms with Gasteiger partial charge in [0.05, 0.1) is 17.2 Å². The van der Waals surface area contributed by atoms with Crippen LogP contribution in [0, 0.1) is 11.3 Å². The molecule has 0 aliphatic carbocycles. The Bertz CT molecular complexity index is 960. The molecule has 4 heteroatoms. The lowest BCUT2D eigenvalue weighted by molar-refractivity contribution is 0.0473. The number of halogens is 1. The van der Waals surface area contributed by atoms with E-state index in [4.69, 9.17) is 4.74 Å². The van der Waals surface area contributed by atoms with Crippen LogP contribution in [0.4, 0.5) is 0 Å². The number of ether oxygens (including phenoxy) is 1. The SMILES string of the molecule is N#Cc1ccccc1-c1ccccc1C(=O)OCc1ccccc1Br. The van der Waals surface area contributed by atoms with Crippen molar-refractivity contribution in [3.8, 4) is 17.2 Å². The zero-order valence-electron chi connectivity index (χ0n) is 13.3. The van der Waals surface area contributed by atoms with Gasteiger partial charge < -0.3 is 4.74 Å². The third kappa shape index (κ3) is 3.78. The first-order valence-corrected chi connectivity index (χ1v) is 8.49. The highest BCUT2D eigenvalue weighted by Gasteiger charge is 2.16. The van der Waals surface area contributed by atoms with E-state index in [1.54, 1.807) is 24.3 Å². The second kappa shape index (κ2) is 7.78. The molecule has 3 aromatic carbocycles. The number of nitriles is 1. The van der Waals surface area contributed by atoms with Crippen molar-refractivity contribution >= 4 is 21.9 Å². The van der Waals surface area contributed by atoms with E-state index < -0.39 is 5.97 Å². The summed E-state index contributed by atoms with van der Waals surface area (Å²) in [5.74, 6) is -0.418. The van der Waals surface area contributed by atoms with Crippen molar-refractivity contribution in [3.63, 3.8) is 0 Å². The third-order valence-corrected chi connectivity index (χ3v) is 4.57. The number of hydrogen-bond acceptors (Lipinski definition) is 3. The summed E-state index contributed by atoms with van der Waals surface area (Å²) < 4.78 is 6.37. The van der Waals surface area contributed by atoms with E-state index in [-0.39, 0.29) is 6.61 Å². The van der Waals surface area contributed by atoms with E-state index in [0.717, 1.165) is 15.6 Å². The number of esters is 1. The molecule has 0 saturated heterocycles. The fourth-order valence-corrected chi connectivity index (χ4v) is 2.95. The van der Waals surface area contributed by atoms with Gasteiger partial charge in [0, 0.05) is 15.6 Å². The largest absolute Gasteiger partial charge is 0.457 e. The Morgan fingerprint density at radius 1 is 0.920 bits per heavy atom. The zero-order valence-corrected chi connectivity index (χ0v) is 14.9. The summed E-state index contributed by atoms with van der Waals surface area (Å²) in [4.78, 5) is 12.6. The smallest absolute Gasteiger partial charge is 0.339 e. The quantitative estimate of drug-likeness (QED) is 0.563. The molecule has 0 aliphatic heterocycles. The van der Waals surface area contributed by atoms with Crippen LogP contribution in [0.25, 0.3) is 11.1 Å². The van der Waals surface area contributed by atoms with Gasteiger partial charge in [-0.25, -0.2) is 4.79 Å². The average Bonchev–Trinajstić information content (AvgIpc) is 2.67. The van der Waals surface area contributed by atoms with Crippen LogP contribution in [-0.4, -0.2) is 5.97 Å². The van der Waals surface area contributed by atoms with Gasteiger partial charge in [-0.2, -0.15) is 5.26 Å². The number of carbonyl (C=O) groups is 1. The number of benzene rings is 3. The average molecular weight is 392 g/mol. The topological polar surface area (TPSA) is 50.1 Å². The summed E-state index contributed by atoms with van der Waals surface area (Å²) in [7, 11) is 0. The molecule has 0 atom stereocenters. The van der Waals surface area contributed by atoms with Crippen LogP contribution in [-0.2, 0) is 11.3 Å². The standard InChI is InChI=1S/C21H14BrNO2/c22-20-12-6-2-8-16(20)14-25-21(24)19-11-5-4-10-18(19)17-9-3-1-7-15(17)13-23/h1-12H,14H2. The molecule has 0 radical (unpaired) electrons. The Kier molecular flexibility index (Phi) is 5.27. The van der Waals surface area contributed by atoms with E-state index in [0.29, 0.717) is 16.7 Å². The van der Waals surface area contributed by atoms with Crippen molar-refractivity contribution in [1.29, 1.82) is 5.26 Å². The maximum Gasteiger partial charge on any atom is 0.339 e. The first kappa shape index (κ1) is 16.9. The van der Waals surface area contributed by atoms with E-state index in [1.807, 2.05) is 48.5 Å². The molecule has 3 aromatic rings. The predicted molar refractivity (Wildman–Crippen MR) is 99.9 cm³/mol. The highest BCUT2D eigenvalue weighted by atomic mass is 79.9. The molecule has 0 fully saturated rings. The molecule has 0 bridgehead atoms. The molecule has 3 nitrogen and oxygen atoms in total. The molecule has 0 unspecified atom stereocenters. The summed E-state index contributed by atoms with van der Waals surface area (Å²) in [5, 5.41) is 9.32. The maximum atomic E-state index is 12.6. The number of hydrogen-bond donors (Lipinski definition) is 0. The van der Waals surface area contributed by atoms with E-state index in [2.05, 4.69) is 22.0 Å². The lowest BCUT2D eigenvalue weighted by Gasteiger charge is -2.11. The van der Waals surface area contributed by atoms with Gasteiger partial charge in [0.15, 0.2) is 0 Å². The van der Waals surface area contributed by atoms with E-state index in [9.17, 15) is 10.1 Å². The van der Waals surface area contributed by atoms with Crippen molar-refractivity contribution in [3.05, 3.63) is 94.0 Å². The fraction of sp³-hybridized carbons (Fsp3) is 0.0476. The van der Waals surface area contributed by atoms with Gasteiger partial charge in [-0.3, -0.25) is 0 Å². The van der Waals surface area contributed by atoms with Gasteiger partial charge in [0.25, 0.3) is 0 Å². The number of carbonyl (C=O) groups excluding carboxylic acids is 1.